The molecule has 18 heteroatoms. The first-order valence-corrected chi connectivity index (χ1v) is 23.3. The van der Waals surface area contributed by atoms with Gasteiger partial charge in [-0.3, -0.25) is 28.8 Å². The van der Waals surface area contributed by atoms with Gasteiger partial charge in [0, 0.05) is 25.0 Å². The first kappa shape index (κ1) is 55.0. The summed E-state index contributed by atoms with van der Waals surface area (Å²) in [5.41, 5.74) is 1.27. The van der Waals surface area contributed by atoms with Gasteiger partial charge in [-0.25, -0.2) is 13.9 Å². The molecule has 6 amide bonds. The minimum atomic E-state index is -1.25. The van der Waals surface area contributed by atoms with Gasteiger partial charge in [-0.05, 0) is 31.7 Å². The zero-order valence-electron chi connectivity index (χ0n) is 39.1. The Morgan fingerprint density at radius 2 is 1.19 bits per heavy atom. The van der Waals surface area contributed by atoms with E-state index in [1.54, 1.807) is 42.6 Å². The van der Waals surface area contributed by atoms with Crippen molar-refractivity contribution in [1.29, 1.82) is 0 Å². The maximum Gasteiger partial charge on any atom is 0.328 e. The van der Waals surface area contributed by atoms with Crippen LogP contribution in [-0.2, 0) is 65.2 Å². The Labute approximate surface area is 384 Å². The van der Waals surface area contributed by atoms with Gasteiger partial charge in [0.05, 0.1) is 21.2 Å². The summed E-state index contributed by atoms with van der Waals surface area (Å²) in [6, 6.07) is -1.06. The number of nitrogens with one attached hydrogen (secondary N) is 6. The number of carbonyl (C=O) groups is 7. The smallest absolute Gasteiger partial charge is 0.328 e. The van der Waals surface area contributed by atoms with E-state index in [1.807, 2.05) is 7.05 Å². The average Bonchev–Trinajstić information content (AvgIpc) is 3.58. The van der Waals surface area contributed by atoms with Crippen molar-refractivity contribution in [3.05, 3.63) is 48.0 Å². The van der Waals surface area contributed by atoms with Gasteiger partial charge in [0.15, 0.2) is 0 Å². The number of rotatable bonds is 30. The maximum absolute atomic E-state index is 13.8. The lowest BCUT2D eigenvalue weighted by Crippen LogP contribution is -2.60. The number of thiol groups is 1. The second kappa shape index (κ2) is 29.3. The Kier molecular flexibility index (Phi) is 25.2. The summed E-state index contributed by atoms with van der Waals surface area (Å²) >= 11 is 4.24. The second-order valence-electron chi connectivity index (χ2n) is 17.0. The van der Waals surface area contributed by atoms with Gasteiger partial charge in [-0.2, -0.15) is 12.6 Å². The van der Waals surface area contributed by atoms with Crippen LogP contribution in [0.25, 0.3) is 0 Å². The molecule has 0 aliphatic carbocycles. The predicted molar refractivity (Wildman–Crippen MR) is 245 cm³/mol. The zero-order chi connectivity index (χ0) is 47.8. The van der Waals surface area contributed by atoms with Crippen molar-refractivity contribution in [1.82, 2.24) is 36.5 Å². The lowest BCUT2D eigenvalue weighted by atomic mass is 10.0. The molecule has 0 saturated carbocycles. The highest BCUT2D eigenvalue weighted by atomic mass is 32.1. The first-order chi connectivity index (χ1) is 30.4. The van der Waals surface area contributed by atoms with Crippen LogP contribution in [0.4, 0.5) is 0 Å². The number of amides is 6. The van der Waals surface area contributed by atoms with E-state index in [1.165, 1.54) is 90.2 Å². The van der Waals surface area contributed by atoms with E-state index in [-0.39, 0.29) is 36.7 Å². The van der Waals surface area contributed by atoms with Crippen LogP contribution in [0, 0.1) is 5.92 Å². The van der Waals surface area contributed by atoms with Gasteiger partial charge in [0.2, 0.25) is 41.8 Å². The van der Waals surface area contributed by atoms with Crippen molar-refractivity contribution in [2.24, 2.45) is 20.0 Å². The number of carbonyl (C=O) groups excluding carboxylic acids is 7. The topological polar surface area (TPSA) is 233 Å². The van der Waals surface area contributed by atoms with Crippen molar-refractivity contribution >= 4 is 54.0 Å². The molecule has 0 unspecified atom stereocenters. The highest BCUT2D eigenvalue weighted by molar-refractivity contribution is 7.80. The summed E-state index contributed by atoms with van der Waals surface area (Å²) in [6.07, 6.45) is 16.6. The van der Waals surface area contributed by atoms with Crippen LogP contribution in [0.1, 0.15) is 123 Å². The molecule has 17 nitrogen and oxygen atoms in total. The van der Waals surface area contributed by atoms with Crippen LogP contribution in [0.15, 0.2) is 36.8 Å². The summed E-state index contributed by atoms with van der Waals surface area (Å²) in [7, 11) is 4.81. The lowest BCUT2D eigenvalue weighted by Gasteiger charge is -2.27. The van der Waals surface area contributed by atoms with Crippen LogP contribution in [0.3, 0.4) is 0 Å². The van der Waals surface area contributed by atoms with Gasteiger partial charge in [-0.15, -0.1) is 5.75 Å². The van der Waals surface area contributed by atoms with Crippen LogP contribution in [0.5, 0.6) is 5.75 Å². The van der Waals surface area contributed by atoms with Gasteiger partial charge in [-0.1, -0.05) is 109 Å². The molecule has 2 rings (SSSR count). The molecule has 1 aromatic carbocycles. The molecule has 0 saturated heterocycles. The number of imidazole rings is 1. The van der Waals surface area contributed by atoms with Crippen LogP contribution < -0.4 is 41.6 Å². The van der Waals surface area contributed by atoms with E-state index in [0.717, 1.165) is 25.0 Å². The number of ether oxygens (including phenoxy) is 1. The number of aromatic nitrogens is 2. The highest BCUT2D eigenvalue weighted by Crippen LogP contribution is 2.13. The molecular formula is C46H74N8O9S. The van der Waals surface area contributed by atoms with Gasteiger partial charge in [0.1, 0.15) is 48.1 Å². The average molecular weight is 915 g/mol. The van der Waals surface area contributed by atoms with E-state index in [0.29, 0.717) is 12.0 Å². The van der Waals surface area contributed by atoms with Crippen molar-refractivity contribution in [3.8, 4) is 5.75 Å². The summed E-state index contributed by atoms with van der Waals surface area (Å²) < 4.78 is 8.55. The third-order valence-electron chi connectivity index (χ3n) is 11.0. The first-order valence-electron chi connectivity index (χ1n) is 22.7. The minimum absolute atomic E-state index is 0.00842. The minimum Gasteiger partial charge on any atom is -0.872 e. The number of aryl methyl sites for hydroxylation is 2. The number of unbranched alkanes of at least 4 members (excludes halogenated alkanes) is 10. The Morgan fingerprint density at radius 1 is 0.672 bits per heavy atom. The second-order valence-corrected chi connectivity index (χ2v) is 17.4. The van der Waals surface area contributed by atoms with E-state index < -0.39 is 77.7 Å². The van der Waals surface area contributed by atoms with Crippen LogP contribution in [0.2, 0.25) is 0 Å². The fourth-order valence-electron chi connectivity index (χ4n) is 7.06. The standard InChI is InChI=1S/C46H74N8O9S/c1-9-10-11-12-13-14-15-16-17-18-19-20-39(56)49-38(28-64)44(60)47-32(5)42(58)52-40(30(2)3)45(61)48-31(4)41(57)50-36(25-33-21-23-35(55)24-22-33)43(59)51-37(46(62)63-8)26-34-27-53(6)29-54(34)7/h21-24,27,29-32,36-38,40H,9-20,25-26,28H2,1-8H3,(H7-,47,48,49,50,51,52,55,56,57,58,59,60,61,64)/t31-,32-,36-,37-,38-,40-/m0/s1. The van der Waals surface area contributed by atoms with Crippen molar-refractivity contribution < 1.29 is 48.0 Å². The molecule has 6 atom stereocenters. The molecule has 2 aromatic rings. The van der Waals surface area contributed by atoms with Crippen LogP contribution >= 0.6 is 12.6 Å². The molecule has 6 N–H and O–H groups in total. The molecule has 0 fully saturated rings. The Bertz CT molecular complexity index is 1810. The molecule has 1 aromatic heterocycles. The van der Waals surface area contributed by atoms with E-state index in [4.69, 9.17) is 4.74 Å². The molecule has 0 bridgehead atoms. The van der Waals surface area contributed by atoms with E-state index >= 15 is 0 Å². The summed E-state index contributed by atoms with van der Waals surface area (Å²) in [5.74, 6) is -5.08. The number of methoxy groups -OCH3 is 1. The largest absolute Gasteiger partial charge is 0.872 e. The Balaban J connectivity index is 1.99. The third-order valence-corrected chi connectivity index (χ3v) is 11.3. The highest BCUT2D eigenvalue weighted by Gasteiger charge is 2.33. The van der Waals surface area contributed by atoms with E-state index in [2.05, 4.69) is 51.5 Å². The normalized spacial score (nSPS) is 14.0. The van der Waals surface area contributed by atoms with Crippen molar-refractivity contribution in [2.45, 2.75) is 161 Å². The third kappa shape index (κ3) is 20.1. The Hall–Kier alpha value is -5.13. The number of hydrogen-bond donors (Lipinski definition) is 7. The lowest BCUT2D eigenvalue weighted by molar-refractivity contribution is -0.671. The van der Waals surface area contributed by atoms with Gasteiger partial charge in [0.25, 0.3) is 0 Å². The SMILES string of the molecule is CCCCCCCCCCCCCC(=O)N[C@@H](CS)C(=O)N[C@@H](C)C(=O)N[C@H](C(=O)N[C@@H](C)C(=O)N[C@@H](Cc1ccc([O-])cc1)C(=O)N[C@@H](Cc1c[n+](C)cn1C)C(=O)OC)C(C)C. The fourth-order valence-corrected chi connectivity index (χ4v) is 7.32. The quantitative estimate of drug-likeness (QED) is 0.0263. The number of esters is 1. The van der Waals surface area contributed by atoms with Crippen molar-refractivity contribution in [3.63, 3.8) is 0 Å². The molecule has 64 heavy (non-hydrogen) atoms. The van der Waals surface area contributed by atoms with Gasteiger partial charge < -0.3 is 41.7 Å². The molecule has 0 aliphatic rings. The molecule has 0 radical (unpaired) electrons. The van der Waals surface area contributed by atoms with Gasteiger partial charge >= 0.3 is 5.97 Å². The molecule has 0 spiro atoms. The van der Waals surface area contributed by atoms with Crippen LogP contribution in [-0.4, -0.2) is 95.1 Å². The fraction of sp³-hybridized carbons (Fsp3) is 0.652. The Morgan fingerprint density at radius 3 is 1.70 bits per heavy atom. The number of hydrogen-bond acceptors (Lipinski definition) is 10. The molecular weight excluding hydrogens is 841 g/mol. The number of nitrogens with zero attached hydrogens (tertiary/aromatic N) is 2. The summed E-state index contributed by atoms with van der Waals surface area (Å²) in [5, 5.41) is 27.7. The predicted octanol–water partition coefficient (Wildman–Crippen LogP) is 2.12. The van der Waals surface area contributed by atoms with E-state index in [9.17, 15) is 38.7 Å². The number of benzene rings is 1. The molecule has 0 aliphatic heterocycles. The zero-order valence-corrected chi connectivity index (χ0v) is 40.0. The maximum atomic E-state index is 13.8. The summed E-state index contributed by atoms with van der Waals surface area (Å²) in [6.45, 7) is 8.46. The molecule has 1 heterocycles. The van der Waals surface area contributed by atoms with Crippen molar-refractivity contribution in [2.75, 3.05) is 12.9 Å². The monoisotopic (exact) mass is 915 g/mol. The summed E-state index contributed by atoms with van der Waals surface area (Å²) in [4.78, 5) is 92.8. The molecule has 358 valence electrons.